The van der Waals surface area contributed by atoms with Crippen molar-refractivity contribution in [2.24, 2.45) is 0 Å². The lowest BCUT2D eigenvalue weighted by atomic mass is 9.96. The van der Waals surface area contributed by atoms with Crippen molar-refractivity contribution < 1.29 is 18.0 Å². The molecule has 0 aromatic carbocycles. The van der Waals surface area contributed by atoms with Crippen molar-refractivity contribution in [3.8, 4) is 0 Å². The molecule has 0 radical (unpaired) electrons. The van der Waals surface area contributed by atoms with E-state index >= 15 is 0 Å². The first-order chi connectivity index (χ1) is 9.88. The van der Waals surface area contributed by atoms with E-state index < -0.39 is 15.4 Å². The second kappa shape index (κ2) is 6.34. The number of rotatable bonds is 5. The highest BCUT2D eigenvalue weighted by Crippen LogP contribution is 2.32. The molecule has 0 aromatic rings. The van der Waals surface area contributed by atoms with Gasteiger partial charge >= 0.3 is 0 Å². The maximum atomic E-state index is 12.7. The van der Waals surface area contributed by atoms with Gasteiger partial charge in [0.2, 0.25) is 11.8 Å². The van der Waals surface area contributed by atoms with Crippen LogP contribution in [0, 0.1) is 0 Å². The summed E-state index contributed by atoms with van der Waals surface area (Å²) in [7, 11) is -3.11. The Kier molecular flexibility index (Phi) is 4.91. The summed E-state index contributed by atoms with van der Waals surface area (Å²) in [6.07, 6.45) is 4.01. The summed E-state index contributed by atoms with van der Waals surface area (Å²) in [6.45, 7) is 2.33. The van der Waals surface area contributed by atoms with Crippen LogP contribution < -0.4 is 5.32 Å². The van der Waals surface area contributed by atoms with Crippen LogP contribution in [0.3, 0.4) is 0 Å². The molecule has 0 bridgehead atoms. The van der Waals surface area contributed by atoms with Gasteiger partial charge in [-0.3, -0.25) is 9.59 Å². The largest absolute Gasteiger partial charge is 0.342 e. The summed E-state index contributed by atoms with van der Waals surface area (Å²) < 4.78 is 23.6. The predicted molar refractivity (Wildman–Crippen MR) is 79.5 cm³/mol. The SMILES string of the molecule is CCCS(=O)(=O)CCN1CCC(=O)NC2(CCCC2)C1=O. The highest BCUT2D eigenvalue weighted by Gasteiger charge is 2.46. The van der Waals surface area contributed by atoms with Gasteiger partial charge in [0.25, 0.3) is 0 Å². The molecule has 0 atom stereocenters. The number of sulfone groups is 1. The third kappa shape index (κ3) is 3.75. The molecule has 2 fully saturated rings. The van der Waals surface area contributed by atoms with E-state index in [4.69, 9.17) is 0 Å². The van der Waals surface area contributed by atoms with Gasteiger partial charge in [-0.2, -0.15) is 0 Å². The Labute approximate surface area is 126 Å². The topological polar surface area (TPSA) is 83.6 Å². The van der Waals surface area contributed by atoms with E-state index in [-0.39, 0.29) is 36.3 Å². The Morgan fingerprint density at radius 3 is 2.48 bits per heavy atom. The standard InChI is InChI=1S/C14H24N2O4S/c1-2-10-21(19,20)11-9-16-8-5-12(17)15-14(13(16)18)6-3-4-7-14/h2-11H2,1H3,(H,15,17). The molecule has 1 saturated carbocycles. The van der Waals surface area contributed by atoms with E-state index in [9.17, 15) is 18.0 Å². The van der Waals surface area contributed by atoms with Crippen molar-refractivity contribution in [3.05, 3.63) is 0 Å². The van der Waals surface area contributed by atoms with Crippen LogP contribution >= 0.6 is 0 Å². The molecule has 21 heavy (non-hydrogen) atoms. The Balaban J connectivity index is 2.08. The van der Waals surface area contributed by atoms with Gasteiger partial charge in [-0.15, -0.1) is 0 Å². The smallest absolute Gasteiger partial charge is 0.248 e. The maximum Gasteiger partial charge on any atom is 0.248 e. The lowest BCUT2D eigenvalue weighted by Gasteiger charge is -2.31. The molecular formula is C14H24N2O4S. The predicted octanol–water partition coefficient (Wildman–Crippen LogP) is 0.473. The molecule has 2 amide bonds. The average molecular weight is 316 g/mol. The third-order valence-electron chi connectivity index (χ3n) is 4.33. The first-order valence-electron chi connectivity index (χ1n) is 7.69. The van der Waals surface area contributed by atoms with Crippen molar-refractivity contribution in [1.82, 2.24) is 10.2 Å². The number of nitrogens with one attached hydrogen (secondary N) is 1. The molecule has 1 aliphatic heterocycles. The van der Waals surface area contributed by atoms with Gasteiger partial charge in [-0.1, -0.05) is 19.8 Å². The number of carbonyl (C=O) groups excluding carboxylic acids is 2. The zero-order valence-corrected chi connectivity index (χ0v) is 13.4. The van der Waals surface area contributed by atoms with Crippen molar-refractivity contribution in [3.63, 3.8) is 0 Å². The second-order valence-electron chi connectivity index (χ2n) is 6.03. The molecule has 120 valence electrons. The number of carbonyl (C=O) groups is 2. The van der Waals surface area contributed by atoms with Crippen LogP contribution in [0.4, 0.5) is 0 Å². The van der Waals surface area contributed by atoms with Crippen LogP contribution in [-0.2, 0) is 19.4 Å². The van der Waals surface area contributed by atoms with Gasteiger partial charge in [0.1, 0.15) is 5.54 Å². The average Bonchev–Trinajstić information content (AvgIpc) is 2.83. The van der Waals surface area contributed by atoms with Gasteiger partial charge in [-0.05, 0) is 19.3 Å². The fourth-order valence-corrected chi connectivity index (χ4v) is 4.54. The van der Waals surface area contributed by atoms with Crippen LogP contribution in [0.5, 0.6) is 0 Å². The molecule has 7 heteroatoms. The zero-order valence-electron chi connectivity index (χ0n) is 12.6. The summed E-state index contributed by atoms with van der Waals surface area (Å²) in [5.41, 5.74) is -0.776. The Morgan fingerprint density at radius 2 is 1.86 bits per heavy atom. The fraction of sp³-hybridized carbons (Fsp3) is 0.857. The molecule has 2 aliphatic rings. The van der Waals surface area contributed by atoms with Gasteiger partial charge < -0.3 is 10.2 Å². The van der Waals surface area contributed by atoms with Crippen molar-refractivity contribution in [2.75, 3.05) is 24.6 Å². The van der Waals surface area contributed by atoms with Crippen LogP contribution in [0.15, 0.2) is 0 Å². The first kappa shape index (κ1) is 16.3. The number of hydrogen-bond donors (Lipinski definition) is 1. The fourth-order valence-electron chi connectivity index (χ4n) is 3.22. The van der Waals surface area contributed by atoms with E-state index in [1.807, 2.05) is 6.92 Å². The molecule has 1 spiro atoms. The highest BCUT2D eigenvalue weighted by molar-refractivity contribution is 7.91. The van der Waals surface area contributed by atoms with Gasteiger partial charge in [-0.25, -0.2) is 8.42 Å². The van der Waals surface area contributed by atoms with Gasteiger partial charge in [0.15, 0.2) is 9.84 Å². The second-order valence-corrected chi connectivity index (χ2v) is 8.34. The summed E-state index contributed by atoms with van der Waals surface area (Å²) >= 11 is 0. The summed E-state index contributed by atoms with van der Waals surface area (Å²) in [5, 5.41) is 2.88. The third-order valence-corrected chi connectivity index (χ3v) is 6.16. The molecular weight excluding hydrogens is 292 g/mol. The quantitative estimate of drug-likeness (QED) is 0.799. The lowest BCUT2D eigenvalue weighted by Crippen LogP contribution is -2.55. The summed E-state index contributed by atoms with van der Waals surface area (Å²) in [4.78, 5) is 26.1. The van der Waals surface area contributed by atoms with Crippen LogP contribution in [0.25, 0.3) is 0 Å². The highest BCUT2D eigenvalue weighted by atomic mass is 32.2. The molecule has 1 saturated heterocycles. The summed E-state index contributed by atoms with van der Waals surface area (Å²) in [6, 6.07) is 0. The van der Waals surface area contributed by atoms with E-state index in [1.54, 1.807) is 4.90 Å². The number of amides is 2. The Morgan fingerprint density at radius 1 is 1.19 bits per heavy atom. The van der Waals surface area contributed by atoms with E-state index in [1.165, 1.54) is 0 Å². The molecule has 0 unspecified atom stereocenters. The molecule has 1 N–H and O–H groups in total. The van der Waals surface area contributed by atoms with E-state index in [0.29, 0.717) is 25.8 Å². The molecule has 0 aromatic heterocycles. The van der Waals surface area contributed by atoms with Crippen molar-refractivity contribution in [2.45, 2.75) is 51.0 Å². The maximum absolute atomic E-state index is 12.7. The van der Waals surface area contributed by atoms with Crippen LogP contribution in [-0.4, -0.2) is 55.3 Å². The Hall–Kier alpha value is -1.11. The number of nitrogens with zero attached hydrogens (tertiary/aromatic N) is 1. The van der Waals surface area contributed by atoms with Gasteiger partial charge in [0, 0.05) is 25.3 Å². The molecule has 1 heterocycles. The monoisotopic (exact) mass is 316 g/mol. The normalized spacial score (nSPS) is 22.4. The zero-order chi connectivity index (χ0) is 15.5. The van der Waals surface area contributed by atoms with Crippen molar-refractivity contribution in [1.29, 1.82) is 0 Å². The molecule has 2 rings (SSSR count). The lowest BCUT2D eigenvalue weighted by molar-refractivity contribution is -0.138. The number of hydrogen-bond acceptors (Lipinski definition) is 4. The minimum atomic E-state index is -3.11. The summed E-state index contributed by atoms with van der Waals surface area (Å²) in [5.74, 6) is -0.0736. The minimum Gasteiger partial charge on any atom is -0.342 e. The molecule has 6 nitrogen and oxygen atoms in total. The van der Waals surface area contributed by atoms with E-state index in [0.717, 1.165) is 12.8 Å². The van der Waals surface area contributed by atoms with E-state index in [2.05, 4.69) is 5.32 Å². The molecule has 1 aliphatic carbocycles. The first-order valence-corrected chi connectivity index (χ1v) is 9.51. The van der Waals surface area contributed by atoms with Crippen molar-refractivity contribution >= 4 is 21.7 Å². The van der Waals surface area contributed by atoms with Crippen LogP contribution in [0.2, 0.25) is 0 Å². The van der Waals surface area contributed by atoms with Gasteiger partial charge in [0.05, 0.1) is 5.75 Å². The Bertz CT molecular complexity index is 509. The van der Waals surface area contributed by atoms with Crippen LogP contribution in [0.1, 0.15) is 45.4 Å². The minimum absolute atomic E-state index is 0.0170.